The molecule has 2 aromatic rings. The maximum absolute atomic E-state index is 12.7. The van der Waals surface area contributed by atoms with E-state index < -0.39 is 0 Å². The van der Waals surface area contributed by atoms with Gasteiger partial charge in [-0.2, -0.15) is 0 Å². The van der Waals surface area contributed by atoms with E-state index >= 15 is 0 Å². The number of nitrogens with zero attached hydrogens (tertiary/aromatic N) is 2. The van der Waals surface area contributed by atoms with Crippen molar-refractivity contribution in [1.82, 2.24) is 9.97 Å². The van der Waals surface area contributed by atoms with Gasteiger partial charge in [0.2, 0.25) is 5.95 Å². The average Bonchev–Trinajstić information content (AvgIpc) is 2.44. The summed E-state index contributed by atoms with van der Waals surface area (Å²) in [6, 6.07) is 5.98. The molecular weight excluding hydrogens is 314 g/mol. The third-order valence-electron chi connectivity index (χ3n) is 2.25. The molecule has 0 aliphatic rings. The van der Waals surface area contributed by atoms with Gasteiger partial charge in [0, 0.05) is 31.0 Å². The molecule has 2 rings (SSSR count). The van der Waals surface area contributed by atoms with Gasteiger partial charge in [-0.05, 0) is 24.3 Å². The van der Waals surface area contributed by atoms with Gasteiger partial charge in [0.25, 0.3) is 0 Å². The number of hydrogen-bond donors (Lipinski definition) is 2. The summed E-state index contributed by atoms with van der Waals surface area (Å²) in [6.07, 6.45) is 3.90. The van der Waals surface area contributed by atoms with Crippen LogP contribution in [-0.2, 0) is 0 Å². The van der Waals surface area contributed by atoms with Gasteiger partial charge in [0.1, 0.15) is 5.82 Å². The third-order valence-corrected chi connectivity index (χ3v) is 2.25. The maximum Gasteiger partial charge on any atom is 0.227 e. The SMILES string of the molecule is Cl.Cl.NCCC#Cc1cnc(Nc2ccc(F)cc2)nc1. The lowest BCUT2D eigenvalue weighted by molar-refractivity contribution is 0.628. The van der Waals surface area contributed by atoms with Crippen molar-refractivity contribution in [2.45, 2.75) is 6.42 Å². The zero-order chi connectivity index (χ0) is 13.5. The second-order valence-electron chi connectivity index (χ2n) is 3.77. The van der Waals surface area contributed by atoms with Gasteiger partial charge in [0.05, 0.1) is 5.56 Å². The fourth-order valence-corrected chi connectivity index (χ4v) is 1.36. The molecule has 1 aromatic heterocycles. The highest BCUT2D eigenvalue weighted by molar-refractivity contribution is 5.85. The van der Waals surface area contributed by atoms with E-state index in [2.05, 4.69) is 27.1 Å². The maximum atomic E-state index is 12.7. The topological polar surface area (TPSA) is 63.8 Å². The van der Waals surface area contributed by atoms with Crippen LogP contribution in [0, 0.1) is 17.7 Å². The predicted molar refractivity (Wildman–Crippen MR) is 86.8 cm³/mol. The number of hydrogen-bond acceptors (Lipinski definition) is 4. The molecule has 0 bridgehead atoms. The molecule has 0 atom stereocenters. The van der Waals surface area contributed by atoms with Gasteiger partial charge in [-0.3, -0.25) is 0 Å². The highest BCUT2D eigenvalue weighted by Crippen LogP contribution is 2.12. The molecule has 1 aromatic carbocycles. The molecule has 0 spiro atoms. The standard InChI is InChI=1S/C14H13FN4.2ClH/c15-12-4-6-13(7-5-12)19-14-17-9-11(10-18-14)3-1-2-8-16;;/h4-7,9-10H,2,8,16H2,(H,17,18,19);2*1H. The first-order chi connectivity index (χ1) is 9.28. The van der Waals surface area contributed by atoms with Crippen LogP contribution in [0.2, 0.25) is 0 Å². The van der Waals surface area contributed by atoms with Crippen molar-refractivity contribution in [2.24, 2.45) is 5.73 Å². The molecule has 0 saturated heterocycles. The normalized spacial score (nSPS) is 8.67. The quantitative estimate of drug-likeness (QED) is 0.850. The zero-order valence-corrected chi connectivity index (χ0v) is 12.7. The Morgan fingerprint density at radius 3 is 2.29 bits per heavy atom. The first kappa shape index (κ1) is 19.1. The summed E-state index contributed by atoms with van der Waals surface area (Å²) in [4.78, 5) is 8.25. The molecule has 0 saturated carbocycles. The molecule has 0 aliphatic carbocycles. The van der Waals surface area contributed by atoms with Crippen LogP contribution in [0.3, 0.4) is 0 Å². The molecule has 1 heterocycles. The molecule has 0 radical (unpaired) electrons. The number of nitrogens with one attached hydrogen (secondary N) is 1. The minimum Gasteiger partial charge on any atom is -0.330 e. The predicted octanol–water partition coefficient (Wildman–Crippen LogP) is 2.90. The fraction of sp³-hybridized carbons (Fsp3) is 0.143. The van der Waals surface area contributed by atoms with Crippen molar-refractivity contribution in [3.05, 3.63) is 48.0 Å². The fourth-order valence-electron chi connectivity index (χ4n) is 1.36. The smallest absolute Gasteiger partial charge is 0.227 e. The summed E-state index contributed by atoms with van der Waals surface area (Å²) >= 11 is 0. The number of nitrogens with two attached hydrogens (primary N) is 1. The van der Waals surface area contributed by atoms with E-state index in [1.807, 2.05) is 0 Å². The molecule has 0 aliphatic heterocycles. The van der Waals surface area contributed by atoms with Gasteiger partial charge in [-0.25, -0.2) is 14.4 Å². The largest absolute Gasteiger partial charge is 0.330 e. The zero-order valence-electron chi connectivity index (χ0n) is 11.0. The summed E-state index contributed by atoms with van der Waals surface area (Å²) in [5.74, 6) is 5.98. The van der Waals surface area contributed by atoms with Crippen molar-refractivity contribution < 1.29 is 4.39 Å². The molecule has 21 heavy (non-hydrogen) atoms. The first-order valence-electron chi connectivity index (χ1n) is 5.81. The molecule has 3 N–H and O–H groups in total. The van der Waals surface area contributed by atoms with Crippen LogP contribution < -0.4 is 11.1 Å². The average molecular weight is 329 g/mol. The van der Waals surface area contributed by atoms with E-state index in [0.29, 0.717) is 18.9 Å². The number of benzene rings is 1. The van der Waals surface area contributed by atoms with Crippen molar-refractivity contribution in [2.75, 3.05) is 11.9 Å². The van der Waals surface area contributed by atoms with E-state index in [-0.39, 0.29) is 30.6 Å². The van der Waals surface area contributed by atoms with Crippen LogP contribution in [0.5, 0.6) is 0 Å². The number of rotatable bonds is 3. The van der Waals surface area contributed by atoms with Gasteiger partial charge >= 0.3 is 0 Å². The molecule has 4 nitrogen and oxygen atoms in total. The lowest BCUT2D eigenvalue weighted by atomic mass is 10.3. The van der Waals surface area contributed by atoms with Crippen LogP contribution >= 0.6 is 24.8 Å². The molecular formula is C14H15Cl2FN4. The summed E-state index contributed by atoms with van der Waals surface area (Å²) in [5, 5.41) is 2.97. The summed E-state index contributed by atoms with van der Waals surface area (Å²) in [6.45, 7) is 0.540. The molecule has 112 valence electrons. The Kier molecular flexibility index (Phi) is 9.06. The highest BCUT2D eigenvalue weighted by atomic mass is 35.5. The Labute approximate surface area is 135 Å². The second kappa shape index (κ2) is 9.94. The van der Waals surface area contributed by atoms with Gasteiger partial charge in [-0.15, -0.1) is 24.8 Å². The number of aromatic nitrogens is 2. The third kappa shape index (κ3) is 6.41. The Morgan fingerprint density at radius 1 is 1.10 bits per heavy atom. The lowest BCUT2D eigenvalue weighted by Crippen LogP contribution is -1.97. The van der Waals surface area contributed by atoms with Gasteiger partial charge in [-0.1, -0.05) is 11.8 Å². The van der Waals surface area contributed by atoms with Crippen molar-refractivity contribution >= 4 is 36.4 Å². The first-order valence-corrected chi connectivity index (χ1v) is 5.81. The Balaban J connectivity index is 0.00000200. The summed E-state index contributed by atoms with van der Waals surface area (Å²) in [5.41, 5.74) is 6.80. The van der Waals surface area contributed by atoms with E-state index in [9.17, 15) is 4.39 Å². The van der Waals surface area contributed by atoms with E-state index in [4.69, 9.17) is 5.73 Å². The van der Waals surface area contributed by atoms with Crippen LogP contribution in [0.4, 0.5) is 16.0 Å². The molecule has 7 heteroatoms. The van der Waals surface area contributed by atoms with Crippen molar-refractivity contribution in [1.29, 1.82) is 0 Å². The van der Waals surface area contributed by atoms with Crippen LogP contribution in [0.15, 0.2) is 36.7 Å². The van der Waals surface area contributed by atoms with Crippen LogP contribution in [-0.4, -0.2) is 16.5 Å². The minimum absolute atomic E-state index is 0. The number of anilines is 2. The van der Waals surface area contributed by atoms with E-state index in [1.165, 1.54) is 12.1 Å². The molecule has 0 unspecified atom stereocenters. The lowest BCUT2D eigenvalue weighted by Gasteiger charge is -2.03. The van der Waals surface area contributed by atoms with Crippen molar-refractivity contribution in [3.63, 3.8) is 0 Å². The summed E-state index contributed by atoms with van der Waals surface area (Å²) < 4.78 is 12.7. The highest BCUT2D eigenvalue weighted by Gasteiger charge is 1.98. The second-order valence-corrected chi connectivity index (χ2v) is 3.77. The Bertz CT molecular complexity index is 591. The van der Waals surface area contributed by atoms with Crippen LogP contribution in [0.25, 0.3) is 0 Å². The van der Waals surface area contributed by atoms with E-state index in [1.54, 1.807) is 24.5 Å². The van der Waals surface area contributed by atoms with Gasteiger partial charge < -0.3 is 11.1 Å². The Hall–Kier alpha value is -1.87. The van der Waals surface area contributed by atoms with Crippen LogP contribution in [0.1, 0.15) is 12.0 Å². The van der Waals surface area contributed by atoms with E-state index in [0.717, 1.165) is 11.3 Å². The van der Waals surface area contributed by atoms with Crippen molar-refractivity contribution in [3.8, 4) is 11.8 Å². The van der Waals surface area contributed by atoms with Gasteiger partial charge in [0.15, 0.2) is 0 Å². The monoisotopic (exact) mass is 328 g/mol. The molecule has 0 fully saturated rings. The summed E-state index contributed by atoms with van der Waals surface area (Å²) in [7, 11) is 0. The molecule has 0 amide bonds. The number of halogens is 3. The Morgan fingerprint density at radius 2 is 1.71 bits per heavy atom. The minimum atomic E-state index is -0.281.